The molecule has 0 amide bonds. The highest BCUT2D eigenvalue weighted by molar-refractivity contribution is 5.78. The molecule has 0 saturated carbocycles. The van der Waals surface area contributed by atoms with E-state index in [0.29, 0.717) is 11.5 Å². The van der Waals surface area contributed by atoms with Crippen molar-refractivity contribution >= 4 is 5.97 Å². The highest BCUT2D eigenvalue weighted by atomic mass is 16.5. The lowest BCUT2D eigenvalue weighted by atomic mass is 9.99. The second kappa shape index (κ2) is 6.10. The van der Waals surface area contributed by atoms with Crippen LogP contribution in [0.1, 0.15) is 11.5 Å². The second-order valence-corrected chi connectivity index (χ2v) is 3.46. The van der Waals surface area contributed by atoms with Crippen molar-refractivity contribution < 1.29 is 19.0 Å². The predicted molar refractivity (Wildman–Crippen MR) is 63.4 cm³/mol. The zero-order valence-electron chi connectivity index (χ0n) is 10.2. The SMILES string of the molecule is COC(=O)[C@@H](CN)c1cc(OC)cc(OC)c1. The lowest BCUT2D eigenvalue weighted by Crippen LogP contribution is -2.22. The molecule has 0 fully saturated rings. The topological polar surface area (TPSA) is 70.8 Å². The van der Waals surface area contributed by atoms with Crippen molar-refractivity contribution in [1.29, 1.82) is 0 Å². The summed E-state index contributed by atoms with van der Waals surface area (Å²) in [6.07, 6.45) is 0. The third kappa shape index (κ3) is 3.10. The van der Waals surface area contributed by atoms with E-state index < -0.39 is 5.92 Å². The van der Waals surface area contributed by atoms with Gasteiger partial charge in [-0.3, -0.25) is 4.79 Å². The minimum atomic E-state index is -0.510. The van der Waals surface area contributed by atoms with Gasteiger partial charge in [0, 0.05) is 12.6 Å². The van der Waals surface area contributed by atoms with E-state index in [2.05, 4.69) is 0 Å². The third-order valence-electron chi connectivity index (χ3n) is 2.50. The van der Waals surface area contributed by atoms with E-state index in [9.17, 15) is 4.79 Å². The molecule has 17 heavy (non-hydrogen) atoms. The number of carbonyl (C=O) groups is 1. The molecule has 1 rings (SSSR count). The number of methoxy groups -OCH3 is 3. The Bertz CT molecular complexity index is 370. The van der Waals surface area contributed by atoms with Crippen LogP contribution in [0.3, 0.4) is 0 Å². The van der Waals surface area contributed by atoms with Gasteiger partial charge in [-0.15, -0.1) is 0 Å². The maximum atomic E-state index is 11.6. The molecule has 0 unspecified atom stereocenters. The van der Waals surface area contributed by atoms with E-state index in [0.717, 1.165) is 5.56 Å². The van der Waals surface area contributed by atoms with Gasteiger partial charge in [0.2, 0.25) is 0 Å². The maximum absolute atomic E-state index is 11.6. The molecule has 0 aliphatic heterocycles. The van der Waals surface area contributed by atoms with E-state index in [4.69, 9.17) is 19.9 Å². The molecule has 5 heteroatoms. The third-order valence-corrected chi connectivity index (χ3v) is 2.50. The summed E-state index contributed by atoms with van der Waals surface area (Å²) in [5, 5.41) is 0. The van der Waals surface area contributed by atoms with Crippen molar-refractivity contribution in [1.82, 2.24) is 0 Å². The Kier molecular flexibility index (Phi) is 4.78. The van der Waals surface area contributed by atoms with Gasteiger partial charge >= 0.3 is 5.97 Å². The number of hydrogen-bond acceptors (Lipinski definition) is 5. The average molecular weight is 239 g/mol. The van der Waals surface area contributed by atoms with Gasteiger partial charge in [-0.05, 0) is 17.7 Å². The van der Waals surface area contributed by atoms with Gasteiger partial charge in [0.1, 0.15) is 11.5 Å². The lowest BCUT2D eigenvalue weighted by molar-refractivity contribution is -0.142. The molecule has 2 N–H and O–H groups in total. The molecule has 0 bridgehead atoms. The van der Waals surface area contributed by atoms with Crippen LogP contribution in [0.4, 0.5) is 0 Å². The van der Waals surface area contributed by atoms with Crippen LogP contribution in [0, 0.1) is 0 Å². The van der Waals surface area contributed by atoms with Crippen LogP contribution in [-0.4, -0.2) is 33.8 Å². The molecule has 0 aromatic heterocycles. The van der Waals surface area contributed by atoms with Crippen LogP contribution in [0.2, 0.25) is 0 Å². The molecule has 0 spiro atoms. The summed E-state index contributed by atoms with van der Waals surface area (Å²) in [6, 6.07) is 5.22. The van der Waals surface area contributed by atoms with Gasteiger partial charge in [-0.2, -0.15) is 0 Å². The first-order valence-electron chi connectivity index (χ1n) is 5.17. The van der Waals surface area contributed by atoms with Gasteiger partial charge in [0.25, 0.3) is 0 Å². The summed E-state index contributed by atoms with van der Waals surface area (Å²) in [7, 11) is 4.44. The summed E-state index contributed by atoms with van der Waals surface area (Å²) < 4.78 is 15.0. The number of benzene rings is 1. The quantitative estimate of drug-likeness (QED) is 0.774. The molecule has 1 atom stereocenters. The minimum Gasteiger partial charge on any atom is -0.497 e. The van der Waals surface area contributed by atoms with Crippen molar-refractivity contribution in [2.24, 2.45) is 5.73 Å². The summed E-state index contributed by atoms with van der Waals surface area (Å²) in [4.78, 5) is 11.6. The molecule has 0 radical (unpaired) electrons. The van der Waals surface area contributed by atoms with Crippen molar-refractivity contribution in [2.45, 2.75) is 5.92 Å². The maximum Gasteiger partial charge on any atom is 0.314 e. The number of ether oxygens (including phenoxy) is 3. The van der Waals surface area contributed by atoms with Crippen LogP contribution in [-0.2, 0) is 9.53 Å². The van der Waals surface area contributed by atoms with Crippen LogP contribution in [0.5, 0.6) is 11.5 Å². The van der Waals surface area contributed by atoms with E-state index in [1.54, 1.807) is 32.4 Å². The first kappa shape index (κ1) is 13.3. The molecule has 94 valence electrons. The normalized spacial score (nSPS) is 11.8. The summed E-state index contributed by atoms with van der Waals surface area (Å²) >= 11 is 0. The van der Waals surface area contributed by atoms with Gasteiger partial charge in [-0.1, -0.05) is 0 Å². The van der Waals surface area contributed by atoms with Crippen LogP contribution >= 0.6 is 0 Å². The fourth-order valence-corrected chi connectivity index (χ4v) is 1.54. The molecule has 0 heterocycles. The first-order valence-corrected chi connectivity index (χ1v) is 5.17. The number of hydrogen-bond donors (Lipinski definition) is 1. The Hall–Kier alpha value is -1.75. The number of esters is 1. The van der Waals surface area contributed by atoms with E-state index in [1.807, 2.05) is 0 Å². The first-order chi connectivity index (χ1) is 8.15. The van der Waals surface area contributed by atoms with Gasteiger partial charge < -0.3 is 19.9 Å². The van der Waals surface area contributed by atoms with Gasteiger partial charge in [0.15, 0.2) is 0 Å². The highest BCUT2D eigenvalue weighted by Gasteiger charge is 2.21. The molecule has 5 nitrogen and oxygen atoms in total. The molecular weight excluding hydrogens is 222 g/mol. The van der Waals surface area contributed by atoms with Crippen molar-refractivity contribution in [3.8, 4) is 11.5 Å². The highest BCUT2D eigenvalue weighted by Crippen LogP contribution is 2.27. The van der Waals surface area contributed by atoms with Gasteiger partial charge in [-0.25, -0.2) is 0 Å². The van der Waals surface area contributed by atoms with Crippen molar-refractivity contribution in [3.63, 3.8) is 0 Å². The monoisotopic (exact) mass is 239 g/mol. The molecule has 1 aromatic rings. The summed E-state index contributed by atoms with van der Waals surface area (Å²) in [5.41, 5.74) is 6.30. The Balaban J connectivity index is 3.13. The number of carbonyl (C=O) groups excluding carboxylic acids is 1. The lowest BCUT2D eigenvalue weighted by Gasteiger charge is -2.15. The number of rotatable bonds is 5. The van der Waals surface area contributed by atoms with Crippen molar-refractivity contribution in [3.05, 3.63) is 23.8 Å². The molecule has 0 saturated heterocycles. The smallest absolute Gasteiger partial charge is 0.314 e. The van der Waals surface area contributed by atoms with E-state index in [-0.39, 0.29) is 12.5 Å². The van der Waals surface area contributed by atoms with E-state index in [1.165, 1.54) is 7.11 Å². The fraction of sp³-hybridized carbons (Fsp3) is 0.417. The van der Waals surface area contributed by atoms with Crippen LogP contribution in [0.25, 0.3) is 0 Å². The largest absolute Gasteiger partial charge is 0.497 e. The Labute approximate surface area is 100 Å². The van der Waals surface area contributed by atoms with Crippen LogP contribution < -0.4 is 15.2 Å². The number of nitrogens with two attached hydrogens (primary N) is 1. The van der Waals surface area contributed by atoms with Crippen LogP contribution in [0.15, 0.2) is 18.2 Å². The van der Waals surface area contributed by atoms with E-state index >= 15 is 0 Å². The Morgan fingerprint density at radius 3 is 2.06 bits per heavy atom. The fourth-order valence-electron chi connectivity index (χ4n) is 1.54. The summed E-state index contributed by atoms with van der Waals surface area (Å²) in [6.45, 7) is 0.170. The Morgan fingerprint density at radius 1 is 1.18 bits per heavy atom. The molecule has 0 aliphatic carbocycles. The standard InChI is InChI=1S/C12H17NO4/c1-15-9-4-8(5-10(6-9)16-2)11(7-13)12(14)17-3/h4-6,11H,7,13H2,1-3H3/t11-/m0/s1. The molecular formula is C12H17NO4. The van der Waals surface area contributed by atoms with Crippen molar-refractivity contribution in [2.75, 3.05) is 27.9 Å². The summed E-state index contributed by atoms with van der Waals surface area (Å²) in [5.74, 6) is 0.343. The zero-order valence-corrected chi connectivity index (χ0v) is 10.2. The minimum absolute atomic E-state index is 0.170. The Morgan fingerprint density at radius 2 is 1.71 bits per heavy atom. The molecule has 0 aliphatic rings. The average Bonchev–Trinajstić information content (AvgIpc) is 2.38. The molecule has 1 aromatic carbocycles. The second-order valence-electron chi connectivity index (χ2n) is 3.46. The zero-order chi connectivity index (χ0) is 12.8. The van der Waals surface area contributed by atoms with Gasteiger partial charge in [0.05, 0.1) is 27.2 Å². The predicted octanol–water partition coefficient (Wildman–Crippen LogP) is 0.919.